The van der Waals surface area contributed by atoms with E-state index in [2.05, 4.69) is 11.2 Å². The summed E-state index contributed by atoms with van der Waals surface area (Å²) in [7, 11) is 1.92. The van der Waals surface area contributed by atoms with Crippen molar-refractivity contribution in [2.75, 3.05) is 20.1 Å². The van der Waals surface area contributed by atoms with Crippen molar-refractivity contribution in [1.29, 1.82) is 5.26 Å². The van der Waals surface area contributed by atoms with Crippen molar-refractivity contribution in [2.45, 2.75) is 6.54 Å². The summed E-state index contributed by atoms with van der Waals surface area (Å²) in [6, 6.07) is 3.99. The molecule has 0 amide bonds. The van der Waals surface area contributed by atoms with Gasteiger partial charge < -0.3 is 0 Å². The van der Waals surface area contributed by atoms with Crippen molar-refractivity contribution in [2.24, 2.45) is 0 Å². The highest BCUT2D eigenvalue weighted by atomic mass is 15.3. The summed E-state index contributed by atoms with van der Waals surface area (Å²) < 4.78 is 1.86. The fourth-order valence-corrected chi connectivity index (χ4v) is 0.906. The smallest absolute Gasteiger partial charge is 0.0864 e. The van der Waals surface area contributed by atoms with E-state index in [1.54, 1.807) is 6.20 Å². The lowest BCUT2D eigenvalue weighted by atomic mass is 10.5. The highest BCUT2D eigenvalue weighted by molar-refractivity contribution is 4.78. The van der Waals surface area contributed by atoms with E-state index in [0.29, 0.717) is 6.54 Å². The van der Waals surface area contributed by atoms with Gasteiger partial charge in [0.2, 0.25) is 0 Å². The molecule has 0 bridgehead atoms. The minimum atomic E-state index is 0.473. The summed E-state index contributed by atoms with van der Waals surface area (Å²) in [5.41, 5.74) is 0. The monoisotopic (exact) mass is 164 g/mol. The van der Waals surface area contributed by atoms with Crippen LogP contribution in [0.25, 0.3) is 0 Å². The third-order valence-electron chi connectivity index (χ3n) is 1.61. The van der Waals surface area contributed by atoms with Crippen LogP contribution in [-0.4, -0.2) is 34.8 Å². The molecule has 0 saturated heterocycles. The molecule has 1 aromatic heterocycles. The topological polar surface area (TPSA) is 44.9 Å². The van der Waals surface area contributed by atoms with E-state index in [-0.39, 0.29) is 0 Å². The first-order chi connectivity index (χ1) is 5.83. The van der Waals surface area contributed by atoms with Gasteiger partial charge in [0.1, 0.15) is 0 Å². The van der Waals surface area contributed by atoms with Crippen LogP contribution in [0.5, 0.6) is 0 Å². The van der Waals surface area contributed by atoms with Crippen molar-refractivity contribution in [3.8, 4) is 6.07 Å². The van der Waals surface area contributed by atoms with Gasteiger partial charge in [0.05, 0.1) is 19.2 Å². The maximum Gasteiger partial charge on any atom is 0.0864 e. The number of hydrogen-bond donors (Lipinski definition) is 0. The molecule has 0 fully saturated rings. The SMILES string of the molecule is CN(CC#N)CCn1cccn1. The third-order valence-corrected chi connectivity index (χ3v) is 1.61. The standard InChI is InChI=1S/C8H12N4/c1-11(6-3-9)7-8-12-5-2-4-10-12/h2,4-5H,6-8H2,1H3. The number of hydrogen-bond acceptors (Lipinski definition) is 3. The first-order valence-corrected chi connectivity index (χ1v) is 3.86. The van der Waals surface area contributed by atoms with Crippen molar-refractivity contribution in [3.05, 3.63) is 18.5 Å². The van der Waals surface area contributed by atoms with E-state index >= 15 is 0 Å². The van der Waals surface area contributed by atoms with Gasteiger partial charge in [-0.05, 0) is 13.1 Å². The molecule has 64 valence electrons. The molecule has 1 rings (SSSR count). The summed E-state index contributed by atoms with van der Waals surface area (Å²) >= 11 is 0. The molecule has 1 aromatic rings. The van der Waals surface area contributed by atoms with Crippen molar-refractivity contribution < 1.29 is 0 Å². The lowest BCUT2D eigenvalue weighted by molar-refractivity contribution is 0.345. The zero-order chi connectivity index (χ0) is 8.81. The van der Waals surface area contributed by atoms with Crippen LogP contribution in [0.1, 0.15) is 0 Å². The molecule has 0 unspecified atom stereocenters. The molecule has 0 spiro atoms. The number of likely N-dealkylation sites (N-methyl/N-ethyl adjacent to an activating group) is 1. The zero-order valence-corrected chi connectivity index (χ0v) is 7.14. The van der Waals surface area contributed by atoms with E-state index < -0.39 is 0 Å². The highest BCUT2D eigenvalue weighted by Crippen LogP contribution is 1.87. The largest absolute Gasteiger partial charge is 0.292 e. The van der Waals surface area contributed by atoms with Gasteiger partial charge in [0, 0.05) is 18.9 Å². The molecular weight excluding hydrogens is 152 g/mol. The fraction of sp³-hybridized carbons (Fsp3) is 0.500. The molecule has 4 nitrogen and oxygen atoms in total. The van der Waals surface area contributed by atoms with E-state index in [1.807, 2.05) is 28.9 Å². The van der Waals surface area contributed by atoms with Crippen LogP contribution >= 0.6 is 0 Å². The van der Waals surface area contributed by atoms with E-state index in [1.165, 1.54) is 0 Å². The van der Waals surface area contributed by atoms with Gasteiger partial charge >= 0.3 is 0 Å². The predicted octanol–water partition coefficient (Wildman–Crippen LogP) is 0.338. The number of aromatic nitrogens is 2. The van der Waals surface area contributed by atoms with Crippen LogP contribution in [0, 0.1) is 11.3 Å². The number of nitriles is 1. The van der Waals surface area contributed by atoms with Crippen LogP contribution in [0.2, 0.25) is 0 Å². The molecule has 12 heavy (non-hydrogen) atoms. The van der Waals surface area contributed by atoms with Crippen molar-refractivity contribution >= 4 is 0 Å². The summed E-state index contributed by atoms with van der Waals surface area (Å²) in [5.74, 6) is 0. The Morgan fingerprint density at radius 1 is 1.67 bits per heavy atom. The molecule has 4 heteroatoms. The minimum absolute atomic E-state index is 0.473. The predicted molar refractivity (Wildman–Crippen MR) is 45.3 cm³/mol. The van der Waals surface area contributed by atoms with Gasteiger partial charge in [-0.1, -0.05) is 0 Å². The summed E-state index contributed by atoms with van der Waals surface area (Å²) in [6.07, 6.45) is 3.67. The van der Waals surface area contributed by atoms with Gasteiger partial charge in [-0.15, -0.1) is 0 Å². The van der Waals surface area contributed by atoms with E-state index in [9.17, 15) is 0 Å². The van der Waals surface area contributed by atoms with Crippen molar-refractivity contribution in [1.82, 2.24) is 14.7 Å². The Bertz CT molecular complexity index is 247. The second-order valence-electron chi connectivity index (χ2n) is 2.67. The lowest BCUT2D eigenvalue weighted by Crippen LogP contribution is -2.23. The van der Waals surface area contributed by atoms with E-state index in [4.69, 9.17) is 5.26 Å². The average Bonchev–Trinajstić information content (AvgIpc) is 2.53. The van der Waals surface area contributed by atoms with Gasteiger partial charge in [0.25, 0.3) is 0 Å². The normalized spacial score (nSPS) is 10.1. The van der Waals surface area contributed by atoms with Crippen LogP contribution in [0.3, 0.4) is 0 Å². The molecule has 0 saturated carbocycles. The Kier molecular flexibility index (Phi) is 3.30. The maximum absolute atomic E-state index is 8.38. The first-order valence-electron chi connectivity index (χ1n) is 3.86. The molecule has 0 atom stereocenters. The Morgan fingerprint density at radius 2 is 2.50 bits per heavy atom. The zero-order valence-electron chi connectivity index (χ0n) is 7.14. The molecule has 0 aromatic carbocycles. The summed E-state index contributed by atoms with van der Waals surface area (Å²) in [6.45, 7) is 2.17. The molecule has 0 radical (unpaired) electrons. The second kappa shape index (κ2) is 4.52. The van der Waals surface area contributed by atoms with Gasteiger partial charge in [-0.2, -0.15) is 10.4 Å². The molecule has 0 aliphatic carbocycles. The highest BCUT2D eigenvalue weighted by Gasteiger charge is 1.96. The van der Waals surface area contributed by atoms with Crippen LogP contribution in [0.4, 0.5) is 0 Å². The van der Waals surface area contributed by atoms with Crippen LogP contribution < -0.4 is 0 Å². The maximum atomic E-state index is 8.38. The van der Waals surface area contributed by atoms with Crippen LogP contribution in [-0.2, 0) is 6.54 Å². The third kappa shape index (κ3) is 2.72. The summed E-state index contributed by atoms with van der Waals surface area (Å²) in [5, 5.41) is 12.4. The molecule has 0 aliphatic rings. The molecule has 0 N–H and O–H groups in total. The Balaban J connectivity index is 2.23. The van der Waals surface area contributed by atoms with Crippen molar-refractivity contribution in [3.63, 3.8) is 0 Å². The average molecular weight is 164 g/mol. The number of nitrogens with zero attached hydrogens (tertiary/aromatic N) is 4. The number of rotatable bonds is 4. The van der Waals surface area contributed by atoms with Gasteiger partial charge in [0.15, 0.2) is 0 Å². The Labute approximate surface area is 72.0 Å². The lowest BCUT2D eigenvalue weighted by Gasteiger charge is -2.11. The minimum Gasteiger partial charge on any atom is -0.292 e. The van der Waals surface area contributed by atoms with E-state index in [0.717, 1.165) is 13.1 Å². The second-order valence-corrected chi connectivity index (χ2v) is 2.67. The van der Waals surface area contributed by atoms with Crippen LogP contribution in [0.15, 0.2) is 18.5 Å². The van der Waals surface area contributed by atoms with Gasteiger partial charge in [-0.3, -0.25) is 9.58 Å². The Morgan fingerprint density at radius 3 is 3.08 bits per heavy atom. The first kappa shape index (κ1) is 8.75. The molecule has 0 aliphatic heterocycles. The Hall–Kier alpha value is -1.34. The fourth-order valence-electron chi connectivity index (χ4n) is 0.906. The molecular formula is C8H12N4. The quantitative estimate of drug-likeness (QED) is 0.603. The summed E-state index contributed by atoms with van der Waals surface area (Å²) in [4.78, 5) is 1.96. The molecule has 1 heterocycles. The van der Waals surface area contributed by atoms with Gasteiger partial charge in [-0.25, -0.2) is 0 Å².